The number of nitrogens with two attached hydrogens (primary N) is 1. The predicted octanol–water partition coefficient (Wildman–Crippen LogP) is 21.0. The fourth-order valence-electron chi connectivity index (χ4n) is 8.92. The third-order valence-electron chi connectivity index (χ3n) is 13.7. The van der Waals surface area contributed by atoms with Crippen LogP contribution in [0.4, 0.5) is 0 Å². The molecule has 0 spiro atoms. The monoisotopic (exact) mass is 1120 g/mol. The molecule has 0 saturated heterocycles. The Labute approximate surface area is 486 Å². The Hall–Kier alpha value is -3.33. The second-order valence-electron chi connectivity index (χ2n) is 21.3. The van der Waals surface area contributed by atoms with Crippen LogP contribution in [0.25, 0.3) is 0 Å². The van der Waals surface area contributed by atoms with Gasteiger partial charge in [-0.1, -0.05) is 297 Å². The number of carbonyl (C=O) groups excluding carboxylic acids is 2. The van der Waals surface area contributed by atoms with Crippen LogP contribution in [-0.4, -0.2) is 49.3 Å². The minimum absolute atomic E-state index is 0.0458. The van der Waals surface area contributed by atoms with E-state index in [0.717, 1.165) is 109 Å². The molecule has 0 aliphatic rings. The van der Waals surface area contributed by atoms with E-state index in [2.05, 4.69) is 123 Å². The normalized spacial score (nSPS) is 13.7. The summed E-state index contributed by atoms with van der Waals surface area (Å²) in [7, 11) is -4.40. The van der Waals surface area contributed by atoms with Crippen LogP contribution < -0.4 is 5.73 Å². The molecule has 0 aromatic heterocycles. The summed E-state index contributed by atoms with van der Waals surface area (Å²) in [5.74, 6) is -0.846. The molecule has 0 radical (unpaired) electrons. The number of allylic oxidation sites excluding steroid dienone is 18. The van der Waals surface area contributed by atoms with E-state index in [9.17, 15) is 19.0 Å². The van der Waals surface area contributed by atoms with Crippen molar-refractivity contribution in [3.63, 3.8) is 0 Å². The van der Waals surface area contributed by atoms with Crippen LogP contribution in [0.1, 0.15) is 284 Å². The highest BCUT2D eigenvalue weighted by atomic mass is 31.2. The van der Waals surface area contributed by atoms with Gasteiger partial charge in [0, 0.05) is 19.4 Å². The van der Waals surface area contributed by atoms with Gasteiger partial charge in [-0.3, -0.25) is 18.6 Å². The first-order valence-corrected chi connectivity index (χ1v) is 33.9. The largest absolute Gasteiger partial charge is 0.472 e. The highest BCUT2D eigenvalue weighted by Crippen LogP contribution is 2.43. The van der Waals surface area contributed by atoms with Gasteiger partial charge in [-0.05, 0) is 83.5 Å². The van der Waals surface area contributed by atoms with Crippen LogP contribution in [0.2, 0.25) is 0 Å². The molecule has 0 heterocycles. The highest BCUT2D eigenvalue weighted by Gasteiger charge is 2.26. The van der Waals surface area contributed by atoms with Gasteiger partial charge in [0.25, 0.3) is 0 Å². The lowest BCUT2D eigenvalue weighted by molar-refractivity contribution is -0.161. The third-order valence-corrected chi connectivity index (χ3v) is 14.7. The van der Waals surface area contributed by atoms with Crippen LogP contribution in [0, 0.1) is 0 Å². The summed E-state index contributed by atoms with van der Waals surface area (Å²) in [5.41, 5.74) is 5.39. The minimum atomic E-state index is -4.40. The lowest BCUT2D eigenvalue weighted by atomic mass is 10.0. The number of phosphoric ester groups is 1. The number of rotatable bonds is 60. The van der Waals surface area contributed by atoms with E-state index in [1.807, 2.05) is 0 Å². The average molecular weight is 1120 g/mol. The Kier molecular flexibility index (Phi) is 61.2. The molecule has 2 atom stereocenters. The van der Waals surface area contributed by atoms with Crippen molar-refractivity contribution >= 4 is 19.8 Å². The summed E-state index contributed by atoms with van der Waals surface area (Å²) >= 11 is 0. The van der Waals surface area contributed by atoms with E-state index in [1.54, 1.807) is 0 Å². The summed E-state index contributed by atoms with van der Waals surface area (Å²) in [5, 5.41) is 0. The summed E-state index contributed by atoms with van der Waals surface area (Å²) in [4.78, 5) is 35.3. The molecule has 3 N–H and O–H groups in total. The Morgan fingerprint density at radius 3 is 1.04 bits per heavy atom. The summed E-state index contributed by atoms with van der Waals surface area (Å²) in [6.45, 7) is 3.63. The molecular weight excluding hydrogens is 1000 g/mol. The van der Waals surface area contributed by atoms with Crippen molar-refractivity contribution < 1.29 is 37.6 Å². The smallest absolute Gasteiger partial charge is 0.462 e. The van der Waals surface area contributed by atoms with Crippen molar-refractivity contribution in [1.82, 2.24) is 0 Å². The van der Waals surface area contributed by atoms with Gasteiger partial charge < -0.3 is 20.1 Å². The molecule has 0 aliphatic heterocycles. The molecule has 0 bridgehead atoms. The van der Waals surface area contributed by atoms with E-state index in [0.29, 0.717) is 6.42 Å². The van der Waals surface area contributed by atoms with E-state index in [1.165, 1.54) is 141 Å². The first-order chi connectivity index (χ1) is 38.8. The summed E-state index contributed by atoms with van der Waals surface area (Å²) < 4.78 is 33.1. The van der Waals surface area contributed by atoms with Crippen LogP contribution in [0.3, 0.4) is 0 Å². The number of esters is 2. The topological polar surface area (TPSA) is 134 Å². The molecule has 0 aromatic carbocycles. The number of ether oxygens (including phenoxy) is 2. The fourth-order valence-corrected chi connectivity index (χ4v) is 9.69. The van der Waals surface area contributed by atoms with Gasteiger partial charge in [0.15, 0.2) is 6.10 Å². The van der Waals surface area contributed by atoms with Crippen molar-refractivity contribution in [3.8, 4) is 0 Å². The van der Waals surface area contributed by atoms with Crippen molar-refractivity contribution in [2.45, 2.75) is 290 Å². The fraction of sp³-hybridized carbons (Fsp3) is 0.710. The lowest BCUT2D eigenvalue weighted by Gasteiger charge is -2.19. The van der Waals surface area contributed by atoms with Gasteiger partial charge in [0.1, 0.15) is 6.61 Å². The molecule has 0 amide bonds. The van der Waals surface area contributed by atoms with Crippen LogP contribution >= 0.6 is 7.82 Å². The summed E-state index contributed by atoms with van der Waals surface area (Å²) in [6.07, 6.45) is 87.3. The number of phosphoric acid groups is 1. The van der Waals surface area contributed by atoms with Gasteiger partial charge in [-0.15, -0.1) is 0 Å². The zero-order chi connectivity index (χ0) is 57.3. The lowest BCUT2D eigenvalue weighted by Crippen LogP contribution is -2.29. The van der Waals surface area contributed by atoms with Gasteiger partial charge >= 0.3 is 19.8 Å². The van der Waals surface area contributed by atoms with Crippen LogP contribution in [-0.2, 0) is 32.7 Å². The summed E-state index contributed by atoms with van der Waals surface area (Å²) in [6, 6.07) is 0. The molecule has 454 valence electrons. The maximum atomic E-state index is 12.7. The van der Waals surface area contributed by atoms with Crippen LogP contribution in [0.5, 0.6) is 0 Å². The van der Waals surface area contributed by atoms with E-state index >= 15 is 0 Å². The first kappa shape index (κ1) is 75.7. The molecule has 79 heavy (non-hydrogen) atoms. The Balaban J connectivity index is 4.01. The quantitative estimate of drug-likeness (QED) is 0.0264. The minimum Gasteiger partial charge on any atom is -0.462 e. The number of hydrogen-bond donors (Lipinski definition) is 2. The maximum Gasteiger partial charge on any atom is 0.472 e. The van der Waals surface area contributed by atoms with Gasteiger partial charge in [-0.2, -0.15) is 0 Å². The van der Waals surface area contributed by atoms with Crippen molar-refractivity contribution in [2.24, 2.45) is 5.73 Å². The van der Waals surface area contributed by atoms with Gasteiger partial charge in [-0.25, -0.2) is 4.57 Å². The van der Waals surface area contributed by atoms with Crippen molar-refractivity contribution in [3.05, 3.63) is 109 Å². The molecule has 0 fully saturated rings. The maximum absolute atomic E-state index is 12.7. The third kappa shape index (κ3) is 63.7. The van der Waals surface area contributed by atoms with Gasteiger partial charge in [0.05, 0.1) is 13.2 Å². The van der Waals surface area contributed by atoms with E-state index in [-0.39, 0.29) is 38.6 Å². The zero-order valence-electron chi connectivity index (χ0n) is 50.8. The zero-order valence-corrected chi connectivity index (χ0v) is 51.7. The Bertz CT molecular complexity index is 1660. The molecule has 9 nitrogen and oxygen atoms in total. The van der Waals surface area contributed by atoms with Crippen LogP contribution in [0.15, 0.2) is 109 Å². The number of carbonyl (C=O) groups is 2. The van der Waals surface area contributed by atoms with Gasteiger partial charge in [0.2, 0.25) is 0 Å². The second kappa shape index (κ2) is 63.8. The standard InChI is InChI=1S/C69H120NO8P/c1-3-5-7-9-11-13-15-17-19-21-23-25-27-29-30-31-32-33-34-35-36-38-40-42-44-46-48-50-52-54-56-58-60-62-69(72)78-67(66-77-79(73,74)76-64-63-70)65-75-68(71)61-59-57-55-53-51-49-47-45-43-41-39-37-28-26-24-22-20-18-16-14-12-10-8-6-4-2/h5,7,11,13,17,19,23,25,29-30,32-33,35-36,40,42,46,48,67H,3-4,6,8-10,12,14-16,18,20-22,24,26-28,31,34,37-39,41,43-45,47,49-66,70H2,1-2H3,(H,73,74)/b7-5-,13-11-,19-17-,25-23-,30-29-,33-32-,36-35-,42-40-,48-46-. The van der Waals surface area contributed by atoms with E-state index < -0.39 is 26.5 Å². The van der Waals surface area contributed by atoms with E-state index in [4.69, 9.17) is 24.3 Å². The molecule has 0 rings (SSSR count). The molecule has 0 aromatic rings. The predicted molar refractivity (Wildman–Crippen MR) is 339 cm³/mol. The SMILES string of the molecule is CC/C=C\C/C=C\C/C=C\C/C=C\C/C=C\C/C=C\C/C=C\C/C=C\C/C=C\CCCCCCCC(=O)OC(COC(=O)CCCCCCCCCCCCCCCCCCCCCCCCCCC)COP(=O)(O)OCCN. The second-order valence-corrected chi connectivity index (χ2v) is 22.7. The molecule has 2 unspecified atom stereocenters. The molecular formula is C69H120NO8P. The van der Waals surface area contributed by atoms with Crippen molar-refractivity contribution in [1.29, 1.82) is 0 Å². The highest BCUT2D eigenvalue weighted by molar-refractivity contribution is 7.47. The Morgan fingerprint density at radius 2 is 0.696 bits per heavy atom. The average Bonchev–Trinajstić information content (AvgIpc) is 3.44. The Morgan fingerprint density at radius 1 is 0.392 bits per heavy atom. The number of unbranched alkanes of at least 4 members (excludes halogenated alkanes) is 29. The molecule has 0 aliphatic carbocycles. The number of hydrogen-bond acceptors (Lipinski definition) is 8. The first-order valence-electron chi connectivity index (χ1n) is 32.4. The van der Waals surface area contributed by atoms with Crippen molar-refractivity contribution in [2.75, 3.05) is 26.4 Å². The molecule has 10 heteroatoms. The molecule has 0 saturated carbocycles.